The molecule has 0 rings (SSSR count). The molecule has 0 fully saturated rings. The van der Waals surface area contributed by atoms with Crippen molar-refractivity contribution >= 4 is 5.90 Å². The maximum Gasteiger partial charge on any atom is 0.369 e. The molecule has 0 saturated carbocycles. The number of hydrogen-bond acceptors (Lipinski definition) is 1. The van der Waals surface area contributed by atoms with Gasteiger partial charge in [-0.2, -0.15) is 0 Å². The monoisotopic (exact) mass is 154 g/mol. The second-order valence-electron chi connectivity index (χ2n) is 2.73. The summed E-state index contributed by atoms with van der Waals surface area (Å²) in [5.74, 6) is 0.811. The molecule has 0 unspecified atom stereocenters. The van der Waals surface area contributed by atoms with Crippen LogP contribution in [0.5, 0.6) is 0 Å². The highest BCUT2D eigenvalue weighted by molar-refractivity contribution is 5.82. The Morgan fingerprint density at radius 2 is 1.91 bits per heavy atom. The van der Waals surface area contributed by atoms with E-state index in [-0.39, 0.29) is 0 Å². The van der Waals surface area contributed by atoms with Gasteiger partial charge in [-0.1, -0.05) is 0 Å². The van der Waals surface area contributed by atoms with Crippen molar-refractivity contribution in [1.29, 1.82) is 0 Å². The van der Waals surface area contributed by atoms with Gasteiger partial charge in [-0.05, 0) is 19.4 Å². The third kappa shape index (κ3) is 4.40. The molecule has 0 aromatic heterocycles. The smallest absolute Gasteiger partial charge is 0.369 e. The van der Waals surface area contributed by atoms with E-state index in [2.05, 4.69) is 5.73 Å². The molecule has 0 saturated heterocycles. The van der Waals surface area contributed by atoms with Gasteiger partial charge in [0.05, 0.1) is 13.2 Å². The highest BCUT2D eigenvalue weighted by Crippen LogP contribution is 1.85. The lowest BCUT2D eigenvalue weighted by molar-refractivity contribution is -0.472. The normalized spacial score (nSPS) is 8.09. The molecule has 2 heteroatoms. The largest absolute Gasteiger partial charge is 0.448 e. The standard InChI is InChI=1S/C9H16NO/c1-8(2)6-7-9(11-5)10(3)4/h7H,1-5H3/q+1. The summed E-state index contributed by atoms with van der Waals surface area (Å²) in [6.45, 7) is 4.00. The zero-order valence-electron chi connectivity index (χ0n) is 7.93. The van der Waals surface area contributed by atoms with Crippen LogP contribution in [0.4, 0.5) is 0 Å². The SMILES string of the molecule is COC(C=C=C(C)C)=[N+](C)C. The van der Waals surface area contributed by atoms with Crippen LogP contribution in [-0.4, -0.2) is 31.7 Å². The molecule has 0 aliphatic heterocycles. The van der Waals surface area contributed by atoms with Crippen molar-refractivity contribution < 1.29 is 9.31 Å². The van der Waals surface area contributed by atoms with Gasteiger partial charge in [-0.25, -0.2) is 4.58 Å². The summed E-state index contributed by atoms with van der Waals surface area (Å²) in [6.07, 6.45) is 1.83. The Hall–Kier alpha value is -1.01. The first-order valence-corrected chi connectivity index (χ1v) is 3.56. The van der Waals surface area contributed by atoms with Gasteiger partial charge in [0.25, 0.3) is 0 Å². The van der Waals surface area contributed by atoms with E-state index in [1.165, 1.54) is 0 Å². The summed E-state index contributed by atoms with van der Waals surface area (Å²) in [7, 11) is 5.52. The van der Waals surface area contributed by atoms with Crippen molar-refractivity contribution in [3.63, 3.8) is 0 Å². The Morgan fingerprint density at radius 3 is 2.18 bits per heavy atom. The van der Waals surface area contributed by atoms with E-state index >= 15 is 0 Å². The first-order chi connectivity index (χ1) is 5.07. The van der Waals surface area contributed by atoms with Crippen molar-refractivity contribution in [1.82, 2.24) is 0 Å². The van der Waals surface area contributed by atoms with Gasteiger partial charge in [0.15, 0.2) is 0 Å². The topological polar surface area (TPSA) is 12.2 Å². The maximum atomic E-state index is 5.07. The number of nitrogens with zero attached hydrogens (tertiary/aromatic N) is 1. The summed E-state index contributed by atoms with van der Waals surface area (Å²) < 4.78 is 6.97. The third-order valence-corrected chi connectivity index (χ3v) is 1.13. The van der Waals surface area contributed by atoms with Gasteiger partial charge in [0.1, 0.15) is 14.1 Å². The molecule has 0 aromatic rings. The number of rotatable bonds is 1. The average Bonchev–Trinajstić information content (AvgIpc) is 1.87. The van der Waals surface area contributed by atoms with E-state index in [0.29, 0.717) is 0 Å². The van der Waals surface area contributed by atoms with Crippen LogP contribution in [0.2, 0.25) is 0 Å². The van der Waals surface area contributed by atoms with Crippen LogP contribution in [-0.2, 0) is 4.74 Å². The van der Waals surface area contributed by atoms with Crippen LogP contribution in [0.1, 0.15) is 13.8 Å². The molecular formula is C9H16NO+. The third-order valence-electron chi connectivity index (χ3n) is 1.13. The highest BCUT2D eigenvalue weighted by atomic mass is 16.5. The first kappa shape index (κ1) is 9.99. The van der Waals surface area contributed by atoms with Crippen molar-refractivity contribution in [2.24, 2.45) is 0 Å². The molecule has 0 aliphatic rings. The van der Waals surface area contributed by atoms with Gasteiger partial charge in [0, 0.05) is 0 Å². The van der Waals surface area contributed by atoms with Gasteiger partial charge in [0.2, 0.25) is 0 Å². The predicted molar refractivity (Wildman–Crippen MR) is 47.1 cm³/mol. The second kappa shape index (κ2) is 4.75. The van der Waals surface area contributed by atoms with Crippen molar-refractivity contribution in [3.8, 4) is 0 Å². The molecule has 0 bridgehead atoms. The van der Waals surface area contributed by atoms with Crippen molar-refractivity contribution in [3.05, 3.63) is 17.4 Å². The lowest BCUT2D eigenvalue weighted by Gasteiger charge is -1.93. The molecule has 0 N–H and O–H groups in total. The summed E-state index contributed by atoms with van der Waals surface area (Å²) >= 11 is 0. The summed E-state index contributed by atoms with van der Waals surface area (Å²) in [4.78, 5) is 0. The number of ether oxygens (including phenoxy) is 1. The van der Waals surface area contributed by atoms with E-state index in [9.17, 15) is 0 Å². The summed E-state index contributed by atoms with van der Waals surface area (Å²) in [6, 6.07) is 0. The zero-order chi connectivity index (χ0) is 8.85. The van der Waals surface area contributed by atoms with Crippen molar-refractivity contribution in [2.75, 3.05) is 21.2 Å². The van der Waals surface area contributed by atoms with E-state index in [1.54, 1.807) is 7.11 Å². The van der Waals surface area contributed by atoms with E-state index < -0.39 is 0 Å². The fourth-order valence-corrected chi connectivity index (χ4v) is 0.577. The van der Waals surface area contributed by atoms with Gasteiger partial charge in [-0.3, -0.25) is 0 Å². The Morgan fingerprint density at radius 1 is 1.36 bits per heavy atom. The summed E-state index contributed by atoms with van der Waals surface area (Å²) in [5.41, 5.74) is 4.21. The minimum atomic E-state index is 0.811. The van der Waals surface area contributed by atoms with E-state index in [1.807, 2.05) is 38.6 Å². The molecule has 0 radical (unpaired) electrons. The first-order valence-electron chi connectivity index (χ1n) is 3.56. The minimum absolute atomic E-state index is 0.811. The summed E-state index contributed by atoms with van der Waals surface area (Å²) in [5, 5.41) is 0. The van der Waals surface area contributed by atoms with Gasteiger partial charge >= 0.3 is 5.90 Å². The Bertz CT molecular complexity index is 212. The predicted octanol–water partition coefficient (Wildman–Crippen LogP) is 1.42. The second-order valence-corrected chi connectivity index (χ2v) is 2.73. The molecule has 62 valence electrons. The molecular weight excluding hydrogens is 138 g/mol. The van der Waals surface area contributed by atoms with Crippen LogP contribution >= 0.6 is 0 Å². The molecule has 0 aliphatic carbocycles. The molecule has 0 amide bonds. The van der Waals surface area contributed by atoms with E-state index in [0.717, 1.165) is 11.5 Å². The molecule has 0 aromatic carbocycles. The molecule has 0 heterocycles. The molecule has 0 spiro atoms. The highest BCUT2D eigenvalue weighted by Gasteiger charge is 1.99. The zero-order valence-corrected chi connectivity index (χ0v) is 7.93. The number of hydrogen-bond donors (Lipinski definition) is 0. The minimum Gasteiger partial charge on any atom is -0.448 e. The Labute approximate surface area is 68.5 Å². The van der Waals surface area contributed by atoms with Crippen molar-refractivity contribution in [2.45, 2.75) is 13.8 Å². The van der Waals surface area contributed by atoms with Crippen LogP contribution in [0.3, 0.4) is 0 Å². The van der Waals surface area contributed by atoms with E-state index in [4.69, 9.17) is 4.74 Å². The Balaban J connectivity index is 4.60. The molecule has 0 atom stereocenters. The lowest BCUT2D eigenvalue weighted by atomic mass is 10.3. The molecule has 2 nitrogen and oxygen atoms in total. The Kier molecular flexibility index (Phi) is 4.32. The lowest BCUT2D eigenvalue weighted by Crippen LogP contribution is -2.11. The van der Waals surface area contributed by atoms with Crippen LogP contribution in [0.25, 0.3) is 0 Å². The van der Waals surface area contributed by atoms with Crippen LogP contribution in [0.15, 0.2) is 17.4 Å². The van der Waals surface area contributed by atoms with Gasteiger partial charge in [-0.15, -0.1) is 5.73 Å². The fourth-order valence-electron chi connectivity index (χ4n) is 0.577. The fraction of sp³-hybridized carbons (Fsp3) is 0.556. The van der Waals surface area contributed by atoms with Crippen LogP contribution in [0, 0.1) is 0 Å². The quantitative estimate of drug-likeness (QED) is 0.241. The average molecular weight is 154 g/mol. The van der Waals surface area contributed by atoms with Gasteiger partial charge < -0.3 is 4.74 Å². The number of methoxy groups -OCH3 is 1. The maximum absolute atomic E-state index is 5.07. The van der Waals surface area contributed by atoms with Crippen LogP contribution < -0.4 is 0 Å². The molecule has 11 heavy (non-hydrogen) atoms.